The average Bonchev–Trinajstić information content (AvgIpc) is 2.37. The van der Waals surface area contributed by atoms with Gasteiger partial charge in [0.15, 0.2) is 0 Å². The first-order valence-electron chi connectivity index (χ1n) is 7.02. The van der Waals surface area contributed by atoms with Gasteiger partial charge in [0.1, 0.15) is 6.04 Å². The van der Waals surface area contributed by atoms with Crippen LogP contribution >= 0.6 is 0 Å². The molecule has 2 unspecified atom stereocenters. The topological polar surface area (TPSA) is 92.4 Å². The molecule has 0 saturated carbocycles. The van der Waals surface area contributed by atoms with Gasteiger partial charge in [-0.05, 0) is 11.0 Å². The van der Waals surface area contributed by atoms with Crippen molar-refractivity contribution in [3.8, 4) is 0 Å². The van der Waals surface area contributed by atoms with Gasteiger partial charge in [-0.25, -0.2) is 4.79 Å². The van der Waals surface area contributed by atoms with Gasteiger partial charge in [-0.2, -0.15) is 0 Å². The van der Waals surface area contributed by atoms with Gasteiger partial charge in [0, 0.05) is 18.9 Å². The van der Waals surface area contributed by atoms with Crippen LogP contribution in [-0.4, -0.2) is 29.1 Å². The Balaban J connectivity index is 2.63. The summed E-state index contributed by atoms with van der Waals surface area (Å²) >= 11 is 0. The Morgan fingerprint density at radius 3 is 2.29 bits per heavy atom. The molecule has 0 fully saturated rings. The molecule has 0 aliphatic heterocycles. The number of benzene rings is 1. The van der Waals surface area contributed by atoms with E-state index in [1.54, 1.807) is 0 Å². The van der Waals surface area contributed by atoms with E-state index in [-0.39, 0.29) is 30.2 Å². The van der Waals surface area contributed by atoms with Crippen molar-refractivity contribution < 1.29 is 14.7 Å². The van der Waals surface area contributed by atoms with Crippen LogP contribution in [0.3, 0.4) is 0 Å². The molecule has 1 aromatic rings. The van der Waals surface area contributed by atoms with Crippen molar-refractivity contribution in [3.05, 3.63) is 35.9 Å². The van der Waals surface area contributed by atoms with Crippen LogP contribution in [0.25, 0.3) is 0 Å². The minimum Gasteiger partial charge on any atom is -0.480 e. The SMILES string of the molecule is CC(C)(C)C(N)CC(=O)NC(Cc1ccccc1)C(=O)O. The summed E-state index contributed by atoms with van der Waals surface area (Å²) < 4.78 is 0. The fraction of sp³-hybridized carbons (Fsp3) is 0.500. The maximum atomic E-state index is 12.0. The third-order valence-corrected chi connectivity index (χ3v) is 3.43. The highest BCUT2D eigenvalue weighted by Gasteiger charge is 2.26. The predicted molar refractivity (Wildman–Crippen MR) is 81.8 cm³/mol. The molecule has 1 amide bonds. The first kappa shape index (κ1) is 17.2. The van der Waals surface area contributed by atoms with E-state index in [0.29, 0.717) is 0 Å². The predicted octanol–water partition coefficient (Wildman–Crippen LogP) is 1.56. The zero-order valence-corrected chi connectivity index (χ0v) is 12.8. The van der Waals surface area contributed by atoms with Gasteiger partial charge in [0.05, 0.1) is 0 Å². The minimum atomic E-state index is -1.04. The third-order valence-electron chi connectivity index (χ3n) is 3.43. The normalized spacial score (nSPS) is 14.3. The summed E-state index contributed by atoms with van der Waals surface area (Å²) in [4.78, 5) is 23.2. The molecule has 0 aliphatic carbocycles. The zero-order chi connectivity index (χ0) is 16.0. The first-order chi connectivity index (χ1) is 9.70. The lowest BCUT2D eigenvalue weighted by atomic mass is 9.85. The van der Waals surface area contributed by atoms with Crippen LogP contribution in [0.15, 0.2) is 30.3 Å². The van der Waals surface area contributed by atoms with Crippen LogP contribution in [0.4, 0.5) is 0 Å². The van der Waals surface area contributed by atoms with Crippen molar-refractivity contribution in [2.45, 2.75) is 45.7 Å². The summed E-state index contributed by atoms with van der Waals surface area (Å²) in [5.41, 5.74) is 6.61. The number of rotatable bonds is 6. The molecule has 5 heteroatoms. The van der Waals surface area contributed by atoms with Gasteiger partial charge in [-0.1, -0.05) is 51.1 Å². The third kappa shape index (κ3) is 5.95. The molecule has 0 heterocycles. The van der Waals surface area contributed by atoms with Crippen LogP contribution in [-0.2, 0) is 16.0 Å². The lowest BCUT2D eigenvalue weighted by Gasteiger charge is -2.27. The number of carbonyl (C=O) groups is 2. The van der Waals surface area contributed by atoms with Crippen LogP contribution in [0.2, 0.25) is 0 Å². The van der Waals surface area contributed by atoms with Gasteiger partial charge >= 0.3 is 5.97 Å². The molecule has 21 heavy (non-hydrogen) atoms. The second kappa shape index (κ2) is 7.22. The number of nitrogens with two attached hydrogens (primary N) is 1. The zero-order valence-electron chi connectivity index (χ0n) is 12.8. The van der Waals surface area contributed by atoms with E-state index in [4.69, 9.17) is 5.73 Å². The van der Waals surface area contributed by atoms with Gasteiger partial charge in [0.25, 0.3) is 0 Å². The lowest BCUT2D eigenvalue weighted by Crippen LogP contribution is -2.46. The van der Waals surface area contributed by atoms with Gasteiger partial charge in [-0.15, -0.1) is 0 Å². The average molecular weight is 292 g/mol. The summed E-state index contributed by atoms with van der Waals surface area (Å²) in [7, 11) is 0. The molecule has 0 bridgehead atoms. The molecule has 0 spiro atoms. The van der Waals surface area contributed by atoms with E-state index in [0.717, 1.165) is 5.56 Å². The molecule has 0 radical (unpaired) electrons. The van der Waals surface area contributed by atoms with E-state index < -0.39 is 12.0 Å². The molecule has 0 saturated heterocycles. The standard InChI is InChI=1S/C16H24N2O3/c1-16(2,3)13(17)10-14(19)18-12(15(20)21)9-11-7-5-4-6-8-11/h4-8,12-13H,9-10,17H2,1-3H3,(H,18,19)(H,20,21). The van der Waals surface area contributed by atoms with Crippen LogP contribution in [0.5, 0.6) is 0 Å². The molecule has 4 N–H and O–H groups in total. The van der Waals surface area contributed by atoms with E-state index >= 15 is 0 Å². The maximum Gasteiger partial charge on any atom is 0.326 e. The van der Waals surface area contributed by atoms with Gasteiger partial charge in [-0.3, -0.25) is 4.79 Å². The molecule has 116 valence electrons. The summed E-state index contributed by atoms with van der Waals surface area (Å²) in [6, 6.07) is 7.96. The Kier molecular flexibility index (Phi) is 5.90. The van der Waals surface area contributed by atoms with Crippen molar-refractivity contribution in [2.75, 3.05) is 0 Å². The molecule has 0 aromatic heterocycles. The second-order valence-electron chi connectivity index (χ2n) is 6.32. The molecule has 0 aliphatic rings. The Hall–Kier alpha value is -1.88. The molecular weight excluding hydrogens is 268 g/mol. The van der Waals surface area contributed by atoms with Crippen LogP contribution in [0, 0.1) is 5.41 Å². The van der Waals surface area contributed by atoms with Crippen molar-refractivity contribution >= 4 is 11.9 Å². The fourth-order valence-electron chi connectivity index (χ4n) is 1.81. The quantitative estimate of drug-likeness (QED) is 0.742. The van der Waals surface area contributed by atoms with E-state index in [9.17, 15) is 14.7 Å². The highest BCUT2D eigenvalue weighted by molar-refractivity contribution is 5.84. The van der Waals surface area contributed by atoms with Crippen molar-refractivity contribution in [1.82, 2.24) is 5.32 Å². The Morgan fingerprint density at radius 2 is 1.81 bits per heavy atom. The van der Waals surface area contributed by atoms with E-state index in [2.05, 4.69) is 5.32 Å². The molecule has 5 nitrogen and oxygen atoms in total. The highest BCUT2D eigenvalue weighted by atomic mass is 16.4. The monoisotopic (exact) mass is 292 g/mol. The maximum absolute atomic E-state index is 12.0. The Bertz CT molecular complexity index is 480. The molecule has 1 aromatic carbocycles. The largest absolute Gasteiger partial charge is 0.480 e. The summed E-state index contributed by atoms with van der Waals surface area (Å²) in [6.07, 6.45) is 0.370. The smallest absolute Gasteiger partial charge is 0.326 e. The van der Waals surface area contributed by atoms with Crippen molar-refractivity contribution in [2.24, 2.45) is 11.1 Å². The summed E-state index contributed by atoms with van der Waals surface area (Å²) in [5.74, 6) is -1.38. The van der Waals surface area contributed by atoms with Gasteiger partial charge in [0.2, 0.25) is 5.91 Å². The highest BCUT2D eigenvalue weighted by Crippen LogP contribution is 2.19. The van der Waals surface area contributed by atoms with Gasteiger partial charge < -0.3 is 16.2 Å². The second-order valence-corrected chi connectivity index (χ2v) is 6.32. The van der Waals surface area contributed by atoms with Crippen molar-refractivity contribution in [1.29, 1.82) is 0 Å². The molecule has 2 atom stereocenters. The number of hydrogen-bond acceptors (Lipinski definition) is 3. The Morgan fingerprint density at radius 1 is 1.24 bits per heavy atom. The number of aliphatic carboxylic acids is 1. The minimum absolute atomic E-state index is 0.113. The molecule has 1 rings (SSSR count). The number of carboxylic acids is 1. The number of carboxylic acid groups (broad SMARTS) is 1. The van der Waals surface area contributed by atoms with E-state index in [1.165, 1.54) is 0 Å². The number of nitrogens with one attached hydrogen (secondary N) is 1. The van der Waals surface area contributed by atoms with Crippen molar-refractivity contribution in [3.63, 3.8) is 0 Å². The summed E-state index contributed by atoms with van der Waals surface area (Å²) in [5, 5.41) is 11.8. The summed E-state index contributed by atoms with van der Waals surface area (Å²) in [6.45, 7) is 5.84. The molecular formula is C16H24N2O3. The first-order valence-corrected chi connectivity index (χ1v) is 7.02. The lowest BCUT2D eigenvalue weighted by molar-refractivity contribution is -0.141. The van der Waals surface area contributed by atoms with E-state index in [1.807, 2.05) is 51.1 Å². The Labute approximate surface area is 125 Å². The van der Waals surface area contributed by atoms with Crippen LogP contribution < -0.4 is 11.1 Å². The fourth-order valence-corrected chi connectivity index (χ4v) is 1.81. The number of carbonyl (C=O) groups excluding carboxylic acids is 1. The number of hydrogen-bond donors (Lipinski definition) is 3. The number of amides is 1. The van der Waals surface area contributed by atoms with Crippen LogP contribution in [0.1, 0.15) is 32.8 Å².